The first-order chi connectivity index (χ1) is 14.9. The zero-order valence-corrected chi connectivity index (χ0v) is 18.7. The van der Waals surface area contributed by atoms with Crippen LogP contribution in [-0.2, 0) is 11.4 Å². The number of aryl methyl sites for hydroxylation is 1. The molecule has 2 aromatic carbocycles. The first-order valence-electron chi connectivity index (χ1n) is 9.92. The third-order valence-electron chi connectivity index (χ3n) is 4.66. The maximum absolute atomic E-state index is 13.6. The van der Waals surface area contributed by atoms with E-state index < -0.39 is 0 Å². The molecule has 0 aliphatic heterocycles. The minimum atomic E-state index is -0.289. The number of ether oxygens (including phenoxy) is 1. The molecule has 1 amide bonds. The lowest BCUT2D eigenvalue weighted by Crippen LogP contribution is -2.33. The van der Waals surface area contributed by atoms with Gasteiger partial charge in [-0.1, -0.05) is 24.3 Å². The third-order valence-corrected chi connectivity index (χ3v) is 5.49. The van der Waals surface area contributed by atoms with E-state index in [-0.39, 0.29) is 17.8 Å². The van der Waals surface area contributed by atoms with Crippen LogP contribution in [0.1, 0.15) is 27.9 Å². The molecular weight excluding hydrogens is 413 g/mol. The lowest BCUT2D eigenvalue weighted by Gasteiger charge is -2.24. The van der Waals surface area contributed by atoms with Crippen LogP contribution in [0.5, 0.6) is 5.75 Å². The van der Waals surface area contributed by atoms with Gasteiger partial charge in [0.05, 0.1) is 16.7 Å². The van der Waals surface area contributed by atoms with E-state index >= 15 is 0 Å². The van der Waals surface area contributed by atoms with Crippen molar-refractivity contribution in [3.63, 3.8) is 0 Å². The molecule has 31 heavy (non-hydrogen) atoms. The van der Waals surface area contributed by atoms with Crippen LogP contribution in [0.2, 0.25) is 0 Å². The number of likely N-dealkylation sites (N-methyl/N-ethyl adjacent to an activating group) is 1. The Bertz CT molecular complexity index is 1050. The molecule has 0 aliphatic rings. The number of benzene rings is 2. The molecule has 3 rings (SSSR count). The minimum Gasteiger partial charge on any atom is -0.487 e. The Morgan fingerprint density at radius 3 is 2.77 bits per heavy atom. The van der Waals surface area contributed by atoms with Crippen LogP contribution in [-0.4, -0.2) is 36.4 Å². The van der Waals surface area contributed by atoms with Crippen molar-refractivity contribution in [3.8, 4) is 5.75 Å². The molecule has 0 radical (unpaired) electrons. The summed E-state index contributed by atoms with van der Waals surface area (Å²) in [6, 6.07) is 13.8. The highest BCUT2D eigenvalue weighted by Gasteiger charge is 2.15. The van der Waals surface area contributed by atoms with Gasteiger partial charge in [-0.05, 0) is 62.5 Å². The Morgan fingerprint density at radius 2 is 2.06 bits per heavy atom. The van der Waals surface area contributed by atoms with Crippen LogP contribution < -0.4 is 10.1 Å². The van der Waals surface area contributed by atoms with Crippen molar-refractivity contribution in [1.29, 1.82) is 0 Å². The molecule has 1 N–H and O–H groups in total. The van der Waals surface area contributed by atoms with Crippen LogP contribution >= 0.6 is 11.3 Å². The second-order valence-corrected chi connectivity index (χ2v) is 8.39. The zero-order valence-electron chi connectivity index (χ0n) is 17.8. The van der Waals surface area contributed by atoms with Crippen LogP contribution in [0.4, 0.5) is 4.39 Å². The van der Waals surface area contributed by atoms with E-state index in [4.69, 9.17) is 4.74 Å². The number of carbonyl (C=O) groups excluding carboxylic acids is 1. The number of nitrogens with one attached hydrogen (secondary N) is 1. The molecule has 0 bridgehead atoms. The van der Waals surface area contributed by atoms with Gasteiger partial charge in [0.15, 0.2) is 0 Å². The van der Waals surface area contributed by atoms with Crippen molar-refractivity contribution in [2.45, 2.75) is 19.6 Å². The lowest BCUT2D eigenvalue weighted by molar-refractivity contribution is -0.116. The van der Waals surface area contributed by atoms with Gasteiger partial charge in [0.1, 0.15) is 18.2 Å². The van der Waals surface area contributed by atoms with E-state index in [0.29, 0.717) is 18.9 Å². The van der Waals surface area contributed by atoms with Crippen molar-refractivity contribution in [1.82, 2.24) is 15.2 Å². The number of amides is 1. The maximum Gasteiger partial charge on any atom is 0.244 e. The molecule has 3 aromatic rings. The molecule has 1 atom stereocenters. The third kappa shape index (κ3) is 7.01. The zero-order chi connectivity index (χ0) is 22.2. The van der Waals surface area contributed by atoms with Crippen molar-refractivity contribution >= 4 is 23.3 Å². The highest BCUT2D eigenvalue weighted by molar-refractivity contribution is 7.09. The number of carbonyl (C=O) groups is 1. The molecule has 0 aliphatic carbocycles. The highest BCUT2D eigenvalue weighted by Crippen LogP contribution is 2.19. The predicted octanol–water partition coefficient (Wildman–Crippen LogP) is 4.60. The summed E-state index contributed by atoms with van der Waals surface area (Å²) in [4.78, 5) is 18.6. The molecule has 0 saturated heterocycles. The first kappa shape index (κ1) is 22.7. The molecule has 0 saturated carbocycles. The molecule has 1 heterocycles. The van der Waals surface area contributed by atoms with Crippen molar-refractivity contribution < 1.29 is 13.9 Å². The highest BCUT2D eigenvalue weighted by atomic mass is 32.1. The summed E-state index contributed by atoms with van der Waals surface area (Å²) in [5.74, 6) is 0.210. The second kappa shape index (κ2) is 10.8. The predicted molar refractivity (Wildman–Crippen MR) is 122 cm³/mol. The molecule has 1 unspecified atom stereocenters. The summed E-state index contributed by atoms with van der Waals surface area (Å²) >= 11 is 1.59. The SMILES string of the molecule is Cc1nc(COc2cccc(/C=C/C(=O)NCC(c3cccc(F)c3)N(C)C)c2)cs1. The fraction of sp³-hybridized carbons (Fsp3) is 0.250. The number of nitrogens with zero attached hydrogens (tertiary/aromatic N) is 2. The summed E-state index contributed by atoms with van der Waals surface area (Å²) in [7, 11) is 3.80. The number of halogens is 1. The molecule has 5 nitrogen and oxygen atoms in total. The quantitative estimate of drug-likeness (QED) is 0.495. The van der Waals surface area contributed by atoms with E-state index in [1.165, 1.54) is 18.2 Å². The minimum absolute atomic E-state index is 0.126. The van der Waals surface area contributed by atoms with Crippen LogP contribution in [0.15, 0.2) is 60.0 Å². The molecular formula is C24H26FN3O2S. The van der Waals surface area contributed by atoms with E-state index in [0.717, 1.165) is 21.8 Å². The average molecular weight is 440 g/mol. The number of hydrogen-bond donors (Lipinski definition) is 1. The Balaban J connectivity index is 1.55. The van der Waals surface area contributed by atoms with Gasteiger partial charge < -0.3 is 15.0 Å². The normalized spacial score (nSPS) is 12.3. The monoisotopic (exact) mass is 439 g/mol. The topological polar surface area (TPSA) is 54.5 Å². The molecule has 162 valence electrons. The van der Waals surface area contributed by atoms with Gasteiger partial charge in [-0.25, -0.2) is 9.37 Å². The number of aromatic nitrogens is 1. The van der Waals surface area contributed by atoms with Crippen molar-refractivity contribution in [3.05, 3.63) is 87.6 Å². The molecule has 1 aromatic heterocycles. The fourth-order valence-corrected chi connectivity index (χ4v) is 3.68. The van der Waals surface area contributed by atoms with Crippen LogP contribution in [0.25, 0.3) is 6.08 Å². The van der Waals surface area contributed by atoms with Gasteiger partial charge >= 0.3 is 0 Å². The van der Waals surface area contributed by atoms with Gasteiger partial charge in [-0.3, -0.25) is 4.79 Å². The van der Waals surface area contributed by atoms with Crippen molar-refractivity contribution in [2.24, 2.45) is 0 Å². The number of thiazole rings is 1. The van der Waals surface area contributed by atoms with Crippen LogP contribution in [0, 0.1) is 12.7 Å². The second-order valence-electron chi connectivity index (χ2n) is 7.33. The van der Waals surface area contributed by atoms with Crippen LogP contribution in [0.3, 0.4) is 0 Å². The summed E-state index contributed by atoms with van der Waals surface area (Å²) in [5, 5.41) is 5.88. The summed E-state index contributed by atoms with van der Waals surface area (Å²) < 4.78 is 19.3. The van der Waals surface area contributed by atoms with Gasteiger partial charge in [-0.2, -0.15) is 0 Å². The Hall–Kier alpha value is -3.03. The van der Waals surface area contributed by atoms with E-state index in [9.17, 15) is 9.18 Å². The fourth-order valence-electron chi connectivity index (χ4n) is 3.08. The van der Waals surface area contributed by atoms with Gasteiger partial charge in [-0.15, -0.1) is 11.3 Å². The maximum atomic E-state index is 13.6. The Morgan fingerprint density at radius 1 is 1.26 bits per heavy atom. The number of rotatable bonds is 9. The molecule has 0 fully saturated rings. The summed E-state index contributed by atoms with van der Waals surface area (Å²) in [6.07, 6.45) is 3.23. The van der Waals surface area contributed by atoms with Gasteiger partial charge in [0.25, 0.3) is 0 Å². The standard InChI is InChI=1S/C24H26FN3O2S/c1-17-27-21(16-31-17)15-30-22-9-4-6-18(12-22)10-11-24(29)26-14-23(28(2)3)19-7-5-8-20(25)13-19/h4-13,16,23H,14-15H2,1-3H3,(H,26,29)/b11-10+. The van der Waals surface area contributed by atoms with E-state index in [1.807, 2.05) is 61.6 Å². The number of hydrogen-bond acceptors (Lipinski definition) is 5. The molecule has 7 heteroatoms. The average Bonchev–Trinajstić information content (AvgIpc) is 3.16. The molecule has 0 spiro atoms. The summed E-state index contributed by atoms with van der Waals surface area (Å²) in [5.41, 5.74) is 2.57. The van der Waals surface area contributed by atoms with E-state index in [1.54, 1.807) is 23.5 Å². The Kier molecular flexibility index (Phi) is 7.92. The summed E-state index contributed by atoms with van der Waals surface area (Å²) in [6.45, 7) is 2.74. The Labute approximate surface area is 186 Å². The van der Waals surface area contributed by atoms with Gasteiger partial charge in [0.2, 0.25) is 5.91 Å². The first-order valence-corrected chi connectivity index (χ1v) is 10.8. The van der Waals surface area contributed by atoms with E-state index in [2.05, 4.69) is 10.3 Å². The lowest BCUT2D eigenvalue weighted by atomic mass is 10.1. The largest absolute Gasteiger partial charge is 0.487 e. The smallest absolute Gasteiger partial charge is 0.244 e. The van der Waals surface area contributed by atoms with Gasteiger partial charge in [0, 0.05) is 18.0 Å². The van der Waals surface area contributed by atoms with Crippen molar-refractivity contribution in [2.75, 3.05) is 20.6 Å².